The van der Waals surface area contributed by atoms with Crippen LogP contribution in [0.3, 0.4) is 0 Å². The fourth-order valence-electron chi connectivity index (χ4n) is 3.22. The van der Waals surface area contributed by atoms with Crippen molar-refractivity contribution in [2.24, 2.45) is 5.92 Å². The Kier molecular flexibility index (Phi) is 3.94. The highest BCUT2D eigenvalue weighted by Gasteiger charge is 2.43. The second kappa shape index (κ2) is 5.59. The van der Waals surface area contributed by atoms with E-state index in [1.54, 1.807) is 0 Å². The van der Waals surface area contributed by atoms with Crippen molar-refractivity contribution in [1.29, 1.82) is 0 Å². The average Bonchev–Trinajstić information content (AvgIpc) is 2.90. The smallest absolute Gasteiger partial charge is 0.161 e. The Bertz CT molecular complexity index is 529. The maximum absolute atomic E-state index is 13.8. The molecule has 3 rings (SSSR count). The lowest BCUT2D eigenvalue weighted by Crippen LogP contribution is -2.42. The summed E-state index contributed by atoms with van der Waals surface area (Å²) in [5.74, 6) is -3.60. The molecule has 0 aromatic heterocycles. The van der Waals surface area contributed by atoms with Crippen LogP contribution in [0.4, 0.5) is 13.2 Å². The van der Waals surface area contributed by atoms with Crippen molar-refractivity contribution in [3.63, 3.8) is 0 Å². The number of halogens is 3. The molecule has 3 nitrogen and oxygen atoms in total. The first kappa shape index (κ1) is 14.8. The van der Waals surface area contributed by atoms with E-state index in [1.165, 1.54) is 0 Å². The van der Waals surface area contributed by atoms with Crippen LogP contribution in [0.5, 0.6) is 0 Å². The lowest BCUT2D eigenvalue weighted by molar-refractivity contribution is -0.117. The maximum Gasteiger partial charge on any atom is 0.161 e. The van der Waals surface area contributed by atoms with Crippen LogP contribution in [0.15, 0.2) is 12.1 Å². The first-order valence-corrected chi connectivity index (χ1v) is 7.05. The monoisotopic (exact) mass is 302 g/mol. The minimum atomic E-state index is -1.25. The Labute approximate surface area is 120 Å². The molecular formula is C15H17F3O3. The van der Waals surface area contributed by atoms with Gasteiger partial charge < -0.3 is 14.6 Å². The summed E-state index contributed by atoms with van der Waals surface area (Å²) >= 11 is 0. The number of hydrogen-bond donors (Lipinski definition) is 1. The zero-order valence-corrected chi connectivity index (χ0v) is 11.4. The van der Waals surface area contributed by atoms with Gasteiger partial charge in [-0.1, -0.05) is 0 Å². The molecule has 2 aliphatic rings. The summed E-state index contributed by atoms with van der Waals surface area (Å²) in [6.07, 6.45) is 0.617. The molecule has 3 atom stereocenters. The van der Waals surface area contributed by atoms with Gasteiger partial charge >= 0.3 is 0 Å². The van der Waals surface area contributed by atoms with Gasteiger partial charge in [0.15, 0.2) is 11.6 Å². The van der Waals surface area contributed by atoms with E-state index < -0.39 is 29.2 Å². The van der Waals surface area contributed by atoms with Gasteiger partial charge in [-0.05, 0) is 24.8 Å². The fraction of sp³-hybridized carbons (Fsp3) is 0.600. The SMILES string of the molecule is OC(c1cc(F)c(F)cc1F)C1CCOC2(CCOC2)C1. The number of hydrogen-bond acceptors (Lipinski definition) is 3. The Hall–Kier alpha value is -1.11. The molecule has 2 fully saturated rings. The zero-order valence-electron chi connectivity index (χ0n) is 11.4. The van der Waals surface area contributed by atoms with Crippen LogP contribution in [0.25, 0.3) is 0 Å². The molecule has 0 radical (unpaired) electrons. The number of benzene rings is 1. The molecule has 1 aromatic carbocycles. The van der Waals surface area contributed by atoms with Gasteiger partial charge in [0.05, 0.1) is 18.3 Å². The summed E-state index contributed by atoms with van der Waals surface area (Å²) in [6.45, 7) is 1.50. The van der Waals surface area contributed by atoms with E-state index in [4.69, 9.17) is 9.47 Å². The van der Waals surface area contributed by atoms with Crippen LogP contribution < -0.4 is 0 Å². The number of ether oxygens (including phenoxy) is 2. The van der Waals surface area contributed by atoms with E-state index in [2.05, 4.69) is 0 Å². The van der Waals surface area contributed by atoms with Crippen LogP contribution in [-0.2, 0) is 9.47 Å². The summed E-state index contributed by atoms with van der Waals surface area (Å²) in [7, 11) is 0. The molecule has 3 unspecified atom stereocenters. The normalized spacial score (nSPS) is 30.8. The van der Waals surface area contributed by atoms with Gasteiger partial charge in [0.1, 0.15) is 5.82 Å². The van der Waals surface area contributed by atoms with E-state index in [9.17, 15) is 18.3 Å². The Morgan fingerprint density at radius 3 is 2.62 bits per heavy atom. The lowest BCUT2D eigenvalue weighted by atomic mass is 9.80. The van der Waals surface area contributed by atoms with Crippen LogP contribution in [-0.4, -0.2) is 30.5 Å². The summed E-state index contributed by atoms with van der Waals surface area (Å²) < 4.78 is 51.1. The largest absolute Gasteiger partial charge is 0.388 e. The predicted molar refractivity (Wildman–Crippen MR) is 68.1 cm³/mol. The third-order valence-corrected chi connectivity index (χ3v) is 4.40. The minimum absolute atomic E-state index is 0.199. The molecule has 0 saturated carbocycles. The molecule has 1 aromatic rings. The molecule has 2 heterocycles. The molecule has 0 amide bonds. The molecule has 0 bridgehead atoms. The summed E-state index contributed by atoms with van der Waals surface area (Å²) in [5.41, 5.74) is -0.631. The standard InChI is InChI=1S/C15H17F3O3/c16-11-6-13(18)12(17)5-10(11)14(19)9-1-3-21-15(7-9)2-4-20-8-15/h5-6,9,14,19H,1-4,7-8H2. The van der Waals surface area contributed by atoms with Crippen molar-refractivity contribution >= 4 is 0 Å². The third-order valence-electron chi connectivity index (χ3n) is 4.40. The molecule has 21 heavy (non-hydrogen) atoms. The van der Waals surface area contributed by atoms with E-state index in [0.29, 0.717) is 38.7 Å². The predicted octanol–water partition coefficient (Wildman–Crippen LogP) is 2.72. The molecule has 0 aliphatic carbocycles. The first-order chi connectivity index (χ1) is 10.0. The van der Waals surface area contributed by atoms with Crippen LogP contribution in [0.1, 0.15) is 30.9 Å². The van der Waals surface area contributed by atoms with Crippen molar-refractivity contribution in [1.82, 2.24) is 0 Å². The fourth-order valence-corrected chi connectivity index (χ4v) is 3.22. The summed E-state index contributed by atoms with van der Waals surface area (Å²) in [6, 6.07) is 1.21. The molecular weight excluding hydrogens is 285 g/mol. The highest BCUT2D eigenvalue weighted by molar-refractivity contribution is 5.23. The molecule has 116 valence electrons. The van der Waals surface area contributed by atoms with Gasteiger partial charge in [-0.15, -0.1) is 0 Å². The molecule has 6 heteroatoms. The number of rotatable bonds is 2. The van der Waals surface area contributed by atoms with Gasteiger partial charge in [0, 0.05) is 31.3 Å². The molecule has 1 N–H and O–H groups in total. The van der Waals surface area contributed by atoms with Crippen molar-refractivity contribution < 1.29 is 27.8 Å². The maximum atomic E-state index is 13.8. The van der Waals surface area contributed by atoms with Gasteiger partial charge in [-0.25, -0.2) is 13.2 Å². The van der Waals surface area contributed by atoms with E-state index in [-0.39, 0.29) is 11.5 Å². The van der Waals surface area contributed by atoms with E-state index in [0.717, 1.165) is 12.5 Å². The molecule has 1 spiro atoms. The highest BCUT2D eigenvalue weighted by atomic mass is 19.2. The topological polar surface area (TPSA) is 38.7 Å². The zero-order chi connectivity index (χ0) is 15.0. The quantitative estimate of drug-likeness (QED) is 0.854. The van der Waals surface area contributed by atoms with Crippen molar-refractivity contribution in [2.45, 2.75) is 31.0 Å². The van der Waals surface area contributed by atoms with Crippen molar-refractivity contribution in [3.8, 4) is 0 Å². The van der Waals surface area contributed by atoms with Gasteiger partial charge in [-0.2, -0.15) is 0 Å². The first-order valence-electron chi connectivity index (χ1n) is 7.05. The van der Waals surface area contributed by atoms with Gasteiger partial charge in [0.2, 0.25) is 0 Å². The van der Waals surface area contributed by atoms with E-state index in [1.807, 2.05) is 0 Å². The average molecular weight is 302 g/mol. The molecule has 2 aliphatic heterocycles. The molecule has 2 saturated heterocycles. The van der Waals surface area contributed by atoms with Gasteiger partial charge in [0.25, 0.3) is 0 Å². The second-order valence-corrected chi connectivity index (χ2v) is 5.82. The van der Waals surface area contributed by atoms with Crippen LogP contribution >= 0.6 is 0 Å². The van der Waals surface area contributed by atoms with Gasteiger partial charge in [-0.3, -0.25) is 0 Å². The van der Waals surface area contributed by atoms with Crippen LogP contribution in [0, 0.1) is 23.4 Å². The van der Waals surface area contributed by atoms with Crippen molar-refractivity contribution in [2.75, 3.05) is 19.8 Å². The summed E-state index contributed by atoms with van der Waals surface area (Å²) in [4.78, 5) is 0. The lowest BCUT2D eigenvalue weighted by Gasteiger charge is -2.39. The number of aliphatic hydroxyl groups excluding tert-OH is 1. The Morgan fingerprint density at radius 1 is 1.14 bits per heavy atom. The third kappa shape index (κ3) is 2.80. The highest BCUT2D eigenvalue weighted by Crippen LogP contribution is 2.41. The number of aliphatic hydroxyl groups is 1. The van der Waals surface area contributed by atoms with Crippen molar-refractivity contribution in [3.05, 3.63) is 35.1 Å². The Balaban J connectivity index is 1.81. The second-order valence-electron chi connectivity index (χ2n) is 5.82. The van der Waals surface area contributed by atoms with E-state index >= 15 is 0 Å². The summed E-state index contributed by atoms with van der Waals surface area (Å²) in [5, 5.41) is 10.4. The van der Waals surface area contributed by atoms with Crippen LogP contribution in [0.2, 0.25) is 0 Å². The Morgan fingerprint density at radius 2 is 1.90 bits per heavy atom. The minimum Gasteiger partial charge on any atom is -0.388 e.